The smallest absolute Gasteiger partial charge is 0.314 e. The number of aliphatic hydroxyl groups excluding tert-OH is 1. The molecule has 126 valence electrons. The third-order valence-electron chi connectivity index (χ3n) is 4.82. The molecule has 1 aliphatic carbocycles. The third kappa shape index (κ3) is 4.94. The topological polar surface area (TPSA) is 64.6 Å². The van der Waals surface area contributed by atoms with Crippen LogP contribution in [0.15, 0.2) is 30.3 Å². The lowest BCUT2D eigenvalue weighted by atomic mass is 10.1. The van der Waals surface area contributed by atoms with Gasteiger partial charge >= 0.3 is 6.03 Å². The molecule has 3 N–H and O–H groups in total. The van der Waals surface area contributed by atoms with Crippen LogP contribution in [0.3, 0.4) is 0 Å². The molecule has 1 saturated carbocycles. The van der Waals surface area contributed by atoms with Crippen LogP contribution in [0.25, 0.3) is 0 Å². The van der Waals surface area contributed by atoms with Gasteiger partial charge in [-0.3, -0.25) is 0 Å². The maximum Gasteiger partial charge on any atom is 0.314 e. The molecule has 1 aromatic carbocycles. The number of aliphatic hydroxyl groups is 1. The Morgan fingerprint density at radius 1 is 1.22 bits per heavy atom. The largest absolute Gasteiger partial charge is 0.388 e. The predicted octanol–water partition coefficient (Wildman–Crippen LogP) is 1.89. The second-order valence-electron chi connectivity index (χ2n) is 6.73. The number of hydrogen-bond donors (Lipinski definition) is 3. The molecular weight excluding hydrogens is 290 g/mol. The standard InChI is InChI=1S/C18H27N3O2/c22-17(15-4-2-1-3-5-15)8-10-19-18(23)20-12-14-9-11-21(13-14)16-6-7-16/h1-5,14,16-17,22H,6-13H2,(H2,19,20,23). The molecule has 23 heavy (non-hydrogen) atoms. The van der Waals surface area contributed by atoms with Crippen LogP contribution in [0.5, 0.6) is 0 Å². The molecule has 1 aromatic rings. The Balaban J connectivity index is 1.28. The zero-order valence-electron chi connectivity index (χ0n) is 13.6. The molecule has 0 spiro atoms. The van der Waals surface area contributed by atoms with Crippen LogP contribution in [0, 0.1) is 5.92 Å². The van der Waals surface area contributed by atoms with Crippen LogP contribution in [0.1, 0.15) is 37.4 Å². The van der Waals surface area contributed by atoms with Crippen LogP contribution in [0.4, 0.5) is 4.79 Å². The van der Waals surface area contributed by atoms with E-state index >= 15 is 0 Å². The molecule has 0 radical (unpaired) electrons. The summed E-state index contributed by atoms with van der Waals surface area (Å²) in [6.45, 7) is 3.52. The van der Waals surface area contributed by atoms with Crippen LogP contribution in [0.2, 0.25) is 0 Å². The summed E-state index contributed by atoms with van der Waals surface area (Å²) in [7, 11) is 0. The van der Waals surface area contributed by atoms with E-state index in [1.165, 1.54) is 25.8 Å². The van der Waals surface area contributed by atoms with Gasteiger partial charge in [-0.05, 0) is 43.7 Å². The second-order valence-corrected chi connectivity index (χ2v) is 6.73. The number of urea groups is 1. The molecule has 2 fully saturated rings. The van der Waals surface area contributed by atoms with Crippen molar-refractivity contribution in [3.63, 3.8) is 0 Å². The molecule has 2 amide bonds. The number of carbonyl (C=O) groups is 1. The number of nitrogens with one attached hydrogen (secondary N) is 2. The molecule has 5 nitrogen and oxygen atoms in total. The first-order valence-corrected chi connectivity index (χ1v) is 8.71. The van der Waals surface area contributed by atoms with Gasteiger partial charge in [0.2, 0.25) is 0 Å². The summed E-state index contributed by atoms with van der Waals surface area (Å²) in [5.74, 6) is 0.580. The van der Waals surface area contributed by atoms with E-state index in [1.54, 1.807) is 0 Å². The summed E-state index contributed by atoms with van der Waals surface area (Å²) >= 11 is 0. The number of likely N-dealkylation sites (tertiary alicyclic amines) is 1. The number of benzene rings is 1. The minimum absolute atomic E-state index is 0.130. The summed E-state index contributed by atoms with van der Waals surface area (Å²) in [4.78, 5) is 14.4. The summed E-state index contributed by atoms with van der Waals surface area (Å²) in [5.41, 5.74) is 0.890. The molecule has 2 atom stereocenters. The first-order valence-electron chi connectivity index (χ1n) is 8.71. The zero-order chi connectivity index (χ0) is 16.1. The number of amides is 2. The van der Waals surface area contributed by atoms with Gasteiger partial charge in [-0.2, -0.15) is 0 Å². The van der Waals surface area contributed by atoms with Gasteiger partial charge in [0.15, 0.2) is 0 Å². The lowest BCUT2D eigenvalue weighted by molar-refractivity contribution is 0.167. The van der Waals surface area contributed by atoms with Crippen LogP contribution in [-0.4, -0.2) is 48.3 Å². The van der Waals surface area contributed by atoms with Crippen molar-refractivity contribution >= 4 is 6.03 Å². The van der Waals surface area contributed by atoms with Crippen molar-refractivity contribution in [2.24, 2.45) is 5.92 Å². The van der Waals surface area contributed by atoms with Crippen LogP contribution >= 0.6 is 0 Å². The van der Waals surface area contributed by atoms with E-state index in [0.29, 0.717) is 18.9 Å². The van der Waals surface area contributed by atoms with Crippen molar-refractivity contribution in [3.8, 4) is 0 Å². The Morgan fingerprint density at radius 3 is 2.74 bits per heavy atom. The van der Waals surface area contributed by atoms with Crippen molar-refractivity contribution in [1.82, 2.24) is 15.5 Å². The average Bonchev–Trinajstić information content (AvgIpc) is 3.32. The fourth-order valence-electron chi connectivity index (χ4n) is 3.26. The van der Waals surface area contributed by atoms with Crippen molar-refractivity contribution < 1.29 is 9.90 Å². The van der Waals surface area contributed by atoms with E-state index in [2.05, 4.69) is 15.5 Å². The molecular formula is C18H27N3O2. The summed E-state index contributed by atoms with van der Waals surface area (Å²) in [6.07, 6.45) is 3.88. The van der Waals surface area contributed by atoms with Gasteiger partial charge in [-0.25, -0.2) is 4.79 Å². The summed E-state index contributed by atoms with van der Waals surface area (Å²) < 4.78 is 0. The Labute approximate surface area is 138 Å². The third-order valence-corrected chi connectivity index (χ3v) is 4.82. The Bertz CT molecular complexity index is 504. The van der Waals surface area contributed by atoms with E-state index in [1.807, 2.05) is 30.3 Å². The normalized spacial score (nSPS) is 22.7. The molecule has 1 aliphatic heterocycles. The molecule has 2 unspecified atom stereocenters. The Hall–Kier alpha value is -1.59. The maximum atomic E-state index is 11.8. The van der Waals surface area contributed by atoms with Gasteiger partial charge in [0, 0.05) is 25.7 Å². The molecule has 5 heteroatoms. The van der Waals surface area contributed by atoms with Gasteiger partial charge in [0.1, 0.15) is 0 Å². The fraction of sp³-hybridized carbons (Fsp3) is 0.611. The van der Waals surface area contributed by atoms with Crippen LogP contribution < -0.4 is 10.6 Å². The number of rotatable bonds is 7. The molecule has 3 rings (SSSR count). The van der Waals surface area contributed by atoms with Crippen molar-refractivity contribution in [2.45, 2.75) is 37.8 Å². The van der Waals surface area contributed by atoms with E-state index in [9.17, 15) is 9.90 Å². The Kier molecular flexibility index (Phi) is 5.51. The van der Waals surface area contributed by atoms with Gasteiger partial charge in [0.25, 0.3) is 0 Å². The molecule has 1 saturated heterocycles. The molecule has 2 aliphatic rings. The van der Waals surface area contributed by atoms with Crippen molar-refractivity contribution in [1.29, 1.82) is 0 Å². The molecule has 1 heterocycles. The van der Waals surface area contributed by atoms with Gasteiger partial charge < -0.3 is 20.6 Å². The highest BCUT2D eigenvalue weighted by atomic mass is 16.3. The number of hydrogen-bond acceptors (Lipinski definition) is 3. The maximum absolute atomic E-state index is 11.8. The Morgan fingerprint density at radius 2 is 2.00 bits per heavy atom. The van der Waals surface area contributed by atoms with Crippen molar-refractivity contribution in [2.75, 3.05) is 26.2 Å². The second kappa shape index (κ2) is 7.79. The minimum Gasteiger partial charge on any atom is -0.388 e. The quantitative estimate of drug-likeness (QED) is 0.719. The van der Waals surface area contributed by atoms with Gasteiger partial charge in [0.05, 0.1) is 6.10 Å². The van der Waals surface area contributed by atoms with Gasteiger partial charge in [-0.1, -0.05) is 30.3 Å². The lowest BCUT2D eigenvalue weighted by Gasteiger charge is -2.16. The van der Waals surface area contributed by atoms with E-state index in [-0.39, 0.29) is 6.03 Å². The lowest BCUT2D eigenvalue weighted by Crippen LogP contribution is -2.39. The predicted molar refractivity (Wildman–Crippen MR) is 90.1 cm³/mol. The SMILES string of the molecule is O=C(NCCC(O)c1ccccc1)NCC1CCN(C2CC2)C1. The highest BCUT2D eigenvalue weighted by molar-refractivity contribution is 5.73. The van der Waals surface area contributed by atoms with Crippen LogP contribution in [-0.2, 0) is 0 Å². The number of carbonyl (C=O) groups excluding carboxylic acids is 1. The van der Waals surface area contributed by atoms with Gasteiger partial charge in [-0.15, -0.1) is 0 Å². The van der Waals surface area contributed by atoms with E-state index in [0.717, 1.165) is 24.7 Å². The summed E-state index contributed by atoms with van der Waals surface area (Å²) in [5, 5.41) is 15.8. The minimum atomic E-state index is -0.529. The summed E-state index contributed by atoms with van der Waals surface area (Å²) in [6, 6.07) is 10.2. The first-order chi connectivity index (χ1) is 11.2. The molecule has 0 bridgehead atoms. The average molecular weight is 317 g/mol. The van der Waals surface area contributed by atoms with Crippen molar-refractivity contribution in [3.05, 3.63) is 35.9 Å². The molecule has 0 aromatic heterocycles. The number of nitrogens with zero attached hydrogens (tertiary/aromatic N) is 1. The highest BCUT2D eigenvalue weighted by Gasteiger charge is 2.34. The zero-order valence-corrected chi connectivity index (χ0v) is 13.6. The highest BCUT2D eigenvalue weighted by Crippen LogP contribution is 2.31. The van der Waals surface area contributed by atoms with E-state index in [4.69, 9.17) is 0 Å². The fourth-order valence-corrected chi connectivity index (χ4v) is 3.26. The monoisotopic (exact) mass is 317 g/mol. The van der Waals surface area contributed by atoms with E-state index < -0.39 is 6.10 Å². The first kappa shape index (κ1) is 16.3.